The average molecular weight is 307 g/mol. The Morgan fingerprint density at radius 1 is 1.11 bits per heavy atom. The van der Waals surface area contributed by atoms with Crippen LogP contribution in [-0.4, -0.2) is 4.98 Å². The van der Waals surface area contributed by atoms with Crippen LogP contribution in [0.15, 0.2) is 24.4 Å². The van der Waals surface area contributed by atoms with Crippen LogP contribution in [0.1, 0.15) is 17.3 Å². The van der Waals surface area contributed by atoms with E-state index in [0.717, 1.165) is 12.1 Å². The highest BCUT2D eigenvalue weighted by Crippen LogP contribution is 2.29. The monoisotopic (exact) mass is 306 g/mol. The SMILES string of the molecule is NC(c1ccc(F)c(F)c1F)c1ncc(Cl)cc1Cl. The molecule has 0 fully saturated rings. The summed E-state index contributed by atoms with van der Waals surface area (Å²) in [6, 6.07) is 2.09. The molecule has 19 heavy (non-hydrogen) atoms. The van der Waals surface area contributed by atoms with E-state index in [2.05, 4.69) is 4.98 Å². The molecule has 0 bridgehead atoms. The van der Waals surface area contributed by atoms with Crippen molar-refractivity contribution in [3.8, 4) is 0 Å². The lowest BCUT2D eigenvalue weighted by atomic mass is 10.0. The quantitative estimate of drug-likeness (QED) is 0.856. The maximum atomic E-state index is 13.6. The Labute approximate surface area is 117 Å². The van der Waals surface area contributed by atoms with Gasteiger partial charge in [-0.3, -0.25) is 4.98 Å². The largest absolute Gasteiger partial charge is 0.319 e. The Kier molecular flexibility index (Phi) is 3.99. The van der Waals surface area contributed by atoms with Crippen molar-refractivity contribution in [1.29, 1.82) is 0 Å². The highest BCUT2D eigenvalue weighted by Gasteiger charge is 2.22. The van der Waals surface area contributed by atoms with Gasteiger partial charge in [0, 0.05) is 11.8 Å². The van der Waals surface area contributed by atoms with Gasteiger partial charge < -0.3 is 5.73 Å². The van der Waals surface area contributed by atoms with Gasteiger partial charge in [-0.1, -0.05) is 29.3 Å². The Balaban J connectivity index is 2.50. The molecule has 2 nitrogen and oxygen atoms in total. The van der Waals surface area contributed by atoms with Gasteiger partial charge in [0.15, 0.2) is 17.5 Å². The average Bonchev–Trinajstić information content (AvgIpc) is 2.35. The molecule has 0 aliphatic rings. The smallest absolute Gasteiger partial charge is 0.194 e. The molecule has 1 unspecified atom stereocenters. The second-order valence-corrected chi connectivity index (χ2v) is 4.61. The van der Waals surface area contributed by atoms with Crippen LogP contribution < -0.4 is 5.73 Å². The molecule has 0 amide bonds. The van der Waals surface area contributed by atoms with Crippen molar-refractivity contribution < 1.29 is 13.2 Å². The van der Waals surface area contributed by atoms with Crippen LogP contribution >= 0.6 is 23.2 Å². The molecule has 2 N–H and O–H groups in total. The van der Waals surface area contributed by atoms with E-state index in [4.69, 9.17) is 28.9 Å². The third-order valence-corrected chi connectivity index (χ3v) is 3.04. The molecule has 7 heteroatoms. The van der Waals surface area contributed by atoms with E-state index in [9.17, 15) is 13.2 Å². The molecular weight excluding hydrogens is 300 g/mol. The standard InChI is InChI=1S/C12H7Cl2F3N2/c13-5-3-7(14)12(19-4-5)11(18)6-1-2-8(15)10(17)9(6)16/h1-4,11H,18H2. The van der Waals surface area contributed by atoms with E-state index in [1.807, 2.05) is 0 Å². The van der Waals surface area contributed by atoms with Gasteiger partial charge in [-0.2, -0.15) is 0 Å². The van der Waals surface area contributed by atoms with Crippen molar-refractivity contribution in [3.05, 3.63) is 63.2 Å². The Morgan fingerprint density at radius 2 is 1.79 bits per heavy atom. The molecule has 1 aromatic heterocycles. The first kappa shape index (κ1) is 14.1. The summed E-state index contributed by atoms with van der Waals surface area (Å²) in [5.41, 5.74) is 5.65. The molecule has 0 radical (unpaired) electrons. The fraction of sp³-hybridized carbons (Fsp3) is 0.0833. The number of nitrogens with zero attached hydrogens (tertiary/aromatic N) is 1. The van der Waals surface area contributed by atoms with Crippen LogP contribution in [-0.2, 0) is 0 Å². The van der Waals surface area contributed by atoms with Crippen molar-refractivity contribution >= 4 is 23.2 Å². The van der Waals surface area contributed by atoms with Crippen LogP contribution in [0, 0.1) is 17.5 Å². The number of hydrogen-bond donors (Lipinski definition) is 1. The van der Waals surface area contributed by atoms with E-state index < -0.39 is 23.5 Å². The first-order valence-corrected chi connectivity index (χ1v) is 5.87. The zero-order chi connectivity index (χ0) is 14.2. The van der Waals surface area contributed by atoms with Gasteiger partial charge in [-0.15, -0.1) is 0 Å². The summed E-state index contributed by atoms with van der Waals surface area (Å²) in [5.74, 6) is -4.23. The zero-order valence-corrected chi connectivity index (χ0v) is 10.8. The summed E-state index contributed by atoms with van der Waals surface area (Å²) in [6.07, 6.45) is 1.28. The molecule has 0 spiro atoms. The molecule has 100 valence electrons. The Morgan fingerprint density at radius 3 is 2.42 bits per heavy atom. The summed E-state index contributed by atoms with van der Waals surface area (Å²) in [4.78, 5) is 3.88. The summed E-state index contributed by atoms with van der Waals surface area (Å²) in [6.45, 7) is 0. The normalized spacial score (nSPS) is 12.5. The van der Waals surface area contributed by atoms with Gasteiger partial charge in [0.2, 0.25) is 0 Å². The van der Waals surface area contributed by atoms with Gasteiger partial charge in [0.1, 0.15) is 0 Å². The fourth-order valence-electron chi connectivity index (χ4n) is 1.58. The van der Waals surface area contributed by atoms with Gasteiger partial charge in [-0.25, -0.2) is 13.2 Å². The highest BCUT2D eigenvalue weighted by atomic mass is 35.5. The van der Waals surface area contributed by atoms with E-state index in [1.54, 1.807) is 0 Å². The maximum absolute atomic E-state index is 13.6. The molecule has 2 aromatic rings. The Hall–Kier alpha value is -1.30. The van der Waals surface area contributed by atoms with E-state index in [-0.39, 0.29) is 21.3 Å². The number of pyridine rings is 1. The molecule has 1 heterocycles. The third-order valence-electron chi connectivity index (χ3n) is 2.53. The number of benzene rings is 1. The summed E-state index contributed by atoms with van der Waals surface area (Å²) < 4.78 is 39.6. The number of halogens is 5. The summed E-state index contributed by atoms with van der Waals surface area (Å²) >= 11 is 11.6. The molecule has 0 aliphatic carbocycles. The van der Waals surface area contributed by atoms with Gasteiger partial charge >= 0.3 is 0 Å². The first-order valence-electron chi connectivity index (χ1n) is 5.11. The molecule has 0 aliphatic heterocycles. The third kappa shape index (κ3) is 2.68. The minimum absolute atomic E-state index is 0.115. The van der Waals surface area contributed by atoms with E-state index >= 15 is 0 Å². The van der Waals surface area contributed by atoms with Gasteiger partial charge in [0.05, 0.1) is 21.8 Å². The summed E-state index contributed by atoms with van der Waals surface area (Å²) in [7, 11) is 0. The fourth-order valence-corrected chi connectivity index (χ4v) is 2.08. The van der Waals surface area contributed by atoms with Crippen molar-refractivity contribution in [2.24, 2.45) is 5.73 Å². The second-order valence-electron chi connectivity index (χ2n) is 3.76. The minimum Gasteiger partial charge on any atom is -0.319 e. The lowest BCUT2D eigenvalue weighted by Crippen LogP contribution is -2.17. The highest BCUT2D eigenvalue weighted by molar-refractivity contribution is 6.34. The predicted molar refractivity (Wildman–Crippen MR) is 66.6 cm³/mol. The lowest BCUT2D eigenvalue weighted by Gasteiger charge is -2.14. The molecular formula is C12H7Cl2F3N2. The van der Waals surface area contributed by atoms with Crippen LogP contribution in [0.5, 0.6) is 0 Å². The Bertz CT molecular complexity index is 635. The molecule has 1 aromatic carbocycles. The van der Waals surface area contributed by atoms with Gasteiger partial charge in [0.25, 0.3) is 0 Å². The number of aromatic nitrogens is 1. The molecule has 1 atom stereocenters. The van der Waals surface area contributed by atoms with Crippen LogP contribution in [0.2, 0.25) is 10.0 Å². The molecule has 2 rings (SSSR count). The minimum atomic E-state index is -1.59. The zero-order valence-electron chi connectivity index (χ0n) is 9.30. The first-order chi connectivity index (χ1) is 8.91. The van der Waals surface area contributed by atoms with E-state index in [0.29, 0.717) is 0 Å². The van der Waals surface area contributed by atoms with Crippen LogP contribution in [0.25, 0.3) is 0 Å². The maximum Gasteiger partial charge on any atom is 0.194 e. The number of nitrogens with two attached hydrogens (primary N) is 1. The molecule has 0 saturated heterocycles. The van der Waals surface area contributed by atoms with Crippen molar-refractivity contribution in [1.82, 2.24) is 4.98 Å². The van der Waals surface area contributed by atoms with Crippen LogP contribution in [0.3, 0.4) is 0 Å². The number of hydrogen-bond acceptors (Lipinski definition) is 2. The number of rotatable bonds is 2. The topological polar surface area (TPSA) is 38.9 Å². The van der Waals surface area contributed by atoms with Crippen molar-refractivity contribution in [2.45, 2.75) is 6.04 Å². The van der Waals surface area contributed by atoms with Crippen molar-refractivity contribution in [3.63, 3.8) is 0 Å². The van der Waals surface area contributed by atoms with Gasteiger partial charge in [-0.05, 0) is 12.1 Å². The van der Waals surface area contributed by atoms with Crippen LogP contribution in [0.4, 0.5) is 13.2 Å². The summed E-state index contributed by atoms with van der Waals surface area (Å²) in [5, 5.41) is 0.399. The molecule has 0 saturated carbocycles. The lowest BCUT2D eigenvalue weighted by molar-refractivity contribution is 0.438. The predicted octanol–water partition coefficient (Wildman–Crippen LogP) is 3.85. The van der Waals surface area contributed by atoms with E-state index in [1.165, 1.54) is 12.3 Å². The second kappa shape index (κ2) is 5.36. The van der Waals surface area contributed by atoms with Crippen molar-refractivity contribution in [2.75, 3.05) is 0 Å².